The fraction of sp³-hybridized carbons (Fsp3) is 0.364. The molecule has 0 heterocycles. The van der Waals surface area contributed by atoms with Gasteiger partial charge < -0.3 is 10.8 Å². The highest BCUT2D eigenvalue weighted by molar-refractivity contribution is 5.73. The zero-order valence-corrected chi connectivity index (χ0v) is 8.66. The molecule has 0 saturated carbocycles. The minimum absolute atomic E-state index is 0.0138. The average Bonchev–Trinajstić information content (AvgIpc) is 2.55. The first-order chi connectivity index (χ1) is 7.82. The Morgan fingerprint density at radius 1 is 1.41 bits per heavy atom. The van der Waals surface area contributed by atoms with Crippen molar-refractivity contribution in [2.75, 3.05) is 0 Å². The van der Waals surface area contributed by atoms with E-state index in [1.54, 1.807) is 0 Å². The molecule has 1 aromatic carbocycles. The van der Waals surface area contributed by atoms with Crippen molar-refractivity contribution >= 4 is 5.97 Å². The van der Waals surface area contributed by atoms with Gasteiger partial charge in [-0.05, 0) is 23.6 Å². The number of nitrogens with two attached hydrogens (primary N) is 1. The fourth-order valence-electron chi connectivity index (χ4n) is 2.21. The summed E-state index contributed by atoms with van der Waals surface area (Å²) in [5.74, 6) is -2.14. The Labute approximate surface area is 95.0 Å². The second kappa shape index (κ2) is 3.73. The molecule has 6 heteroatoms. The van der Waals surface area contributed by atoms with Gasteiger partial charge in [-0.1, -0.05) is 12.1 Å². The van der Waals surface area contributed by atoms with Crippen LogP contribution in [0.2, 0.25) is 0 Å². The Bertz CT molecular complexity index is 470. The van der Waals surface area contributed by atoms with Gasteiger partial charge in [0.25, 0.3) is 0 Å². The Hall–Kier alpha value is -1.56. The number of hydrogen-bond acceptors (Lipinski definition) is 2. The molecule has 2 atom stereocenters. The molecule has 0 bridgehead atoms. The largest absolute Gasteiger partial charge is 0.481 e. The summed E-state index contributed by atoms with van der Waals surface area (Å²) in [7, 11) is 0. The number of halogens is 3. The van der Waals surface area contributed by atoms with Crippen molar-refractivity contribution in [3.8, 4) is 0 Å². The maximum Gasteiger partial charge on any atom is 0.416 e. The molecule has 1 aromatic rings. The first-order valence-electron chi connectivity index (χ1n) is 4.99. The highest BCUT2D eigenvalue weighted by Gasteiger charge is 2.41. The average molecular weight is 245 g/mol. The number of fused-ring (bicyclic) bond motifs is 1. The van der Waals surface area contributed by atoms with E-state index in [1.165, 1.54) is 12.1 Å². The van der Waals surface area contributed by atoms with Crippen LogP contribution >= 0.6 is 0 Å². The first kappa shape index (κ1) is 11.9. The molecule has 17 heavy (non-hydrogen) atoms. The molecule has 0 amide bonds. The number of hydrogen-bond donors (Lipinski definition) is 2. The van der Waals surface area contributed by atoms with E-state index < -0.39 is 29.7 Å². The first-order valence-corrected chi connectivity index (χ1v) is 4.99. The van der Waals surface area contributed by atoms with Gasteiger partial charge in [0.05, 0.1) is 11.5 Å². The van der Waals surface area contributed by atoms with Crippen LogP contribution in [0.3, 0.4) is 0 Å². The molecule has 0 spiro atoms. The Balaban J connectivity index is 2.51. The molecule has 0 radical (unpaired) electrons. The van der Waals surface area contributed by atoms with Crippen LogP contribution in [-0.2, 0) is 17.4 Å². The predicted octanol–water partition coefficient (Wildman–Crippen LogP) is 1.96. The van der Waals surface area contributed by atoms with E-state index in [4.69, 9.17) is 10.8 Å². The third-order valence-electron chi connectivity index (χ3n) is 3.05. The molecule has 0 saturated heterocycles. The van der Waals surface area contributed by atoms with Crippen molar-refractivity contribution in [1.29, 1.82) is 0 Å². The summed E-state index contributed by atoms with van der Waals surface area (Å²) >= 11 is 0. The van der Waals surface area contributed by atoms with E-state index >= 15 is 0 Å². The molecule has 0 aliphatic heterocycles. The third-order valence-corrected chi connectivity index (χ3v) is 3.05. The van der Waals surface area contributed by atoms with E-state index in [2.05, 4.69) is 0 Å². The second-order valence-corrected chi connectivity index (χ2v) is 4.05. The number of aliphatic carboxylic acids is 1. The quantitative estimate of drug-likeness (QED) is 0.795. The van der Waals surface area contributed by atoms with Crippen molar-refractivity contribution < 1.29 is 23.1 Å². The highest BCUT2D eigenvalue weighted by Crippen LogP contribution is 2.42. The summed E-state index contributed by atoms with van der Waals surface area (Å²) < 4.78 is 38.1. The van der Waals surface area contributed by atoms with Crippen molar-refractivity contribution in [2.45, 2.75) is 18.6 Å². The number of rotatable bonds is 1. The molecule has 1 aliphatic carbocycles. The number of carbonyl (C=O) groups is 1. The second-order valence-electron chi connectivity index (χ2n) is 4.05. The number of alkyl halides is 3. The van der Waals surface area contributed by atoms with Gasteiger partial charge in [-0.25, -0.2) is 0 Å². The molecular weight excluding hydrogens is 235 g/mol. The van der Waals surface area contributed by atoms with Crippen LogP contribution in [0, 0.1) is 5.92 Å². The fourth-order valence-corrected chi connectivity index (χ4v) is 2.21. The van der Waals surface area contributed by atoms with Gasteiger partial charge in [-0.2, -0.15) is 13.2 Å². The van der Waals surface area contributed by atoms with Crippen LogP contribution in [0.4, 0.5) is 13.2 Å². The lowest BCUT2D eigenvalue weighted by Gasteiger charge is -2.12. The molecule has 3 N–H and O–H groups in total. The van der Waals surface area contributed by atoms with E-state index in [0.29, 0.717) is 0 Å². The summed E-state index contributed by atoms with van der Waals surface area (Å²) in [5.41, 5.74) is 5.17. The monoisotopic (exact) mass is 245 g/mol. The molecule has 0 fully saturated rings. The highest BCUT2D eigenvalue weighted by atomic mass is 19.4. The van der Waals surface area contributed by atoms with Crippen molar-refractivity contribution in [2.24, 2.45) is 11.7 Å². The van der Waals surface area contributed by atoms with E-state index in [0.717, 1.165) is 6.07 Å². The Morgan fingerprint density at radius 2 is 2.06 bits per heavy atom. The lowest BCUT2D eigenvalue weighted by molar-refractivity contribution is -0.143. The van der Waals surface area contributed by atoms with Gasteiger partial charge in [-0.3, -0.25) is 4.79 Å². The Kier molecular flexibility index (Phi) is 2.61. The van der Waals surface area contributed by atoms with Crippen LogP contribution in [0.25, 0.3) is 0 Å². The summed E-state index contributed by atoms with van der Waals surface area (Å²) in [6, 6.07) is 2.80. The van der Waals surface area contributed by atoms with E-state index in [9.17, 15) is 18.0 Å². The maximum atomic E-state index is 12.7. The summed E-state index contributed by atoms with van der Waals surface area (Å²) in [4.78, 5) is 10.9. The standard InChI is InChI=1S/C11H10F3NO2/c12-11(13,14)8-3-1-2-5-6(8)4-7(9(5)15)10(16)17/h1-3,7,9H,4,15H2,(H,16,17). The number of carboxylic acid groups (broad SMARTS) is 1. The van der Waals surface area contributed by atoms with Gasteiger partial charge in [0.2, 0.25) is 0 Å². The number of carboxylic acids is 1. The van der Waals surface area contributed by atoms with Crippen LogP contribution < -0.4 is 5.73 Å². The van der Waals surface area contributed by atoms with Gasteiger partial charge in [-0.15, -0.1) is 0 Å². The van der Waals surface area contributed by atoms with Gasteiger partial charge >= 0.3 is 12.1 Å². The lowest BCUT2D eigenvalue weighted by Crippen LogP contribution is -2.24. The van der Waals surface area contributed by atoms with Crippen molar-refractivity contribution in [3.05, 3.63) is 34.9 Å². The van der Waals surface area contributed by atoms with Crippen molar-refractivity contribution in [3.63, 3.8) is 0 Å². The molecule has 0 aromatic heterocycles. The normalized spacial score (nSPS) is 23.5. The summed E-state index contributed by atoms with van der Waals surface area (Å²) in [6.45, 7) is 0. The molecule has 2 unspecified atom stereocenters. The topological polar surface area (TPSA) is 63.3 Å². The molecule has 3 nitrogen and oxygen atoms in total. The zero-order chi connectivity index (χ0) is 12.8. The predicted molar refractivity (Wildman–Crippen MR) is 53.2 cm³/mol. The maximum absolute atomic E-state index is 12.7. The van der Waals surface area contributed by atoms with Crippen LogP contribution in [0.1, 0.15) is 22.7 Å². The zero-order valence-electron chi connectivity index (χ0n) is 8.66. The molecule has 1 aliphatic rings. The molecular formula is C11H10F3NO2. The smallest absolute Gasteiger partial charge is 0.416 e. The van der Waals surface area contributed by atoms with Gasteiger partial charge in [0, 0.05) is 6.04 Å². The lowest BCUT2D eigenvalue weighted by atomic mass is 10.0. The van der Waals surface area contributed by atoms with Crippen molar-refractivity contribution in [1.82, 2.24) is 0 Å². The number of benzene rings is 1. The summed E-state index contributed by atoms with van der Waals surface area (Å²) in [5, 5.41) is 8.89. The van der Waals surface area contributed by atoms with Crippen LogP contribution in [0.5, 0.6) is 0 Å². The molecule has 92 valence electrons. The third kappa shape index (κ3) is 1.88. The van der Waals surface area contributed by atoms with Crippen LogP contribution in [-0.4, -0.2) is 11.1 Å². The van der Waals surface area contributed by atoms with Crippen LogP contribution in [0.15, 0.2) is 18.2 Å². The van der Waals surface area contributed by atoms with Gasteiger partial charge in [0.15, 0.2) is 0 Å². The minimum atomic E-state index is -4.47. The SMILES string of the molecule is NC1c2cccc(C(F)(F)F)c2CC1C(=O)O. The van der Waals surface area contributed by atoms with Gasteiger partial charge in [0.1, 0.15) is 0 Å². The Morgan fingerprint density at radius 3 is 2.59 bits per heavy atom. The molecule has 2 rings (SSSR count). The summed E-state index contributed by atoms with van der Waals surface area (Å²) in [6.07, 6.45) is -4.64. The minimum Gasteiger partial charge on any atom is -0.481 e. The van der Waals surface area contributed by atoms with E-state index in [-0.39, 0.29) is 17.5 Å². The van der Waals surface area contributed by atoms with E-state index in [1.807, 2.05) is 0 Å².